The van der Waals surface area contributed by atoms with E-state index in [1.807, 2.05) is 24.3 Å². The van der Waals surface area contributed by atoms with Crippen LogP contribution in [-0.2, 0) is 11.3 Å². The number of fused-ring (bicyclic) bond motifs is 1. The predicted octanol–water partition coefficient (Wildman–Crippen LogP) is 3.23. The first-order chi connectivity index (χ1) is 9.24. The summed E-state index contributed by atoms with van der Waals surface area (Å²) in [6, 6.07) is 10.1. The van der Waals surface area contributed by atoms with E-state index < -0.39 is 0 Å². The first-order valence-electron chi connectivity index (χ1n) is 6.71. The molecule has 4 nitrogen and oxygen atoms in total. The molecule has 2 aromatic rings. The molecule has 102 valence electrons. The van der Waals surface area contributed by atoms with Crippen molar-refractivity contribution in [3.05, 3.63) is 35.9 Å². The highest BCUT2D eigenvalue weighted by molar-refractivity contribution is 5.81. The number of rotatable bonds is 6. The molecule has 0 saturated carbocycles. The van der Waals surface area contributed by atoms with Crippen LogP contribution in [0.3, 0.4) is 0 Å². The molecule has 0 aliphatic heterocycles. The van der Waals surface area contributed by atoms with Crippen molar-refractivity contribution in [3.63, 3.8) is 0 Å². The Balaban J connectivity index is 2.21. The van der Waals surface area contributed by atoms with Gasteiger partial charge in [-0.25, -0.2) is 10.8 Å². The lowest BCUT2D eigenvalue weighted by Gasteiger charge is -2.14. The van der Waals surface area contributed by atoms with E-state index in [4.69, 9.17) is 10.6 Å². The van der Waals surface area contributed by atoms with E-state index in [1.54, 1.807) is 0 Å². The molecule has 0 aliphatic carbocycles. The van der Waals surface area contributed by atoms with Crippen LogP contribution in [0.25, 0.3) is 10.9 Å². The number of nitrogen functional groups attached to an aromatic ring is 1. The van der Waals surface area contributed by atoms with E-state index in [0.717, 1.165) is 29.3 Å². The zero-order chi connectivity index (χ0) is 13.7. The number of para-hydroxylation sites is 1. The fourth-order valence-corrected chi connectivity index (χ4v) is 2.12. The first-order valence-corrected chi connectivity index (χ1v) is 6.71. The third kappa shape index (κ3) is 3.43. The summed E-state index contributed by atoms with van der Waals surface area (Å²) < 4.78 is 5.82. The van der Waals surface area contributed by atoms with Crippen LogP contribution >= 0.6 is 0 Å². The zero-order valence-corrected chi connectivity index (χ0v) is 11.5. The monoisotopic (exact) mass is 259 g/mol. The van der Waals surface area contributed by atoms with Crippen LogP contribution in [0.5, 0.6) is 0 Å². The SMILES string of the molecule is CCCC(C)OCc1cc2ccccc2nc1NN. The van der Waals surface area contributed by atoms with Crippen LogP contribution in [0, 0.1) is 0 Å². The lowest BCUT2D eigenvalue weighted by Crippen LogP contribution is -2.14. The molecule has 1 atom stereocenters. The minimum atomic E-state index is 0.252. The smallest absolute Gasteiger partial charge is 0.146 e. The van der Waals surface area contributed by atoms with Gasteiger partial charge in [-0.2, -0.15) is 0 Å². The fourth-order valence-electron chi connectivity index (χ4n) is 2.12. The fraction of sp³-hybridized carbons (Fsp3) is 0.400. The second-order valence-corrected chi connectivity index (χ2v) is 4.74. The molecule has 0 spiro atoms. The summed E-state index contributed by atoms with van der Waals surface area (Å²) in [5.41, 5.74) is 4.57. The summed E-state index contributed by atoms with van der Waals surface area (Å²) in [5, 5.41) is 1.10. The molecule has 1 aromatic carbocycles. The molecule has 0 aliphatic rings. The number of benzene rings is 1. The van der Waals surface area contributed by atoms with Gasteiger partial charge >= 0.3 is 0 Å². The molecule has 1 unspecified atom stereocenters. The third-order valence-electron chi connectivity index (χ3n) is 3.16. The van der Waals surface area contributed by atoms with E-state index >= 15 is 0 Å². The summed E-state index contributed by atoms with van der Waals surface area (Å²) in [7, 11) is 0. The molecule has 0 bridgehead atoms. The number of anilines is 1. The van der Waals surface area contributed by atoms with E-state index in [-0.39, 0.29) is 6.10 Å². The van der Waals surface area contributed by atoms with Gasteiger partial charge in [0.1, 0.15) is 5.82 Å². The average molecular weight is 259 g/mol. The average Bonchev–Trinajstić information content (AvgIpc) is 2.44. The number of hydrazine groups is 1. The second kappa shape index (κ2) is 6.50. The van der Waals surface area contributed by atoms with Crippen LogP contribution in [0.15, 0.2) is 30.3 Å². The topological polar surface area (TPSA) is 60.2 Å². The normalized spacial score (nSPS) is 12.6. The minimum Gasteiger partial charge on any atom is -0.374 e. The van der Waals surface area contributed by atoms with E-state index in [9.17, 15) is 0 Å². The summed E-state index contributed by atoms with van der Waals surface area (Å²) in [4.78, 5) is 4.50. The molecule has 3 N–H and O–H groups in total. The molecule has 2 rings (SSSR count). The molecule has 4 heteroatoms. The Labute approximate surface area is 113 Å². The molecule has 19 heavy (non-hydrogen) atoms. The van der Waals surface area contributed by atoms with Crippen LogP contribution in [0.4, 0.5) is 5.82 Å². The van der Waals surface area contributed by atoms with Gasteiger partial charge in [-0.3, -0.25) is 0 Å². The third-order valence-corrected chi connectivity index (χ3v) is 3.16. The lowest BCUT2D eigenvalue weighted by molar-refractivity contribution is 0.0474. The molecule has 0 saturated heterocycles. The number of nitrogens with two attached hydrogens (primary N) is 1. The predicted molar refractivity (Wildman–Crippen MR) is 78.7 cm³/mol. The first kappa shape index (κ1) is 13.8. The quantitative estimate of drug-likeness (QED) is 0.617. The van der Waals surface area contributed by atoms with Gasteiger partial charge < -0.3 is 10.2 Å². The van der Waals surface area contributed by atoms with Gasteiger partial charge in [0.05, 0.1) is 18.2 Å². The lowest BCUT2D eigenvalue weighted by atomic mass is 10.1. The van der Waals surface area contributed by atoms with Crippen molar-refractivity contribution < 1.29 is 4.74 Å². The summed E-state index contributed by atoms with van der Waals surface area (Å²) in [6.07, 6.45) is 2.44. The number of nitrogens with zero attached hydrogens (tertiary/aromatic N) is 1. The number of pyridine rings is 1. The molecule has 0 radical (unpaired) electrons. The summed E-state index contributed by atoms with van der Waals surface area (Å²) >= 11 is 0. The Bertz CT molecular complexity index is 542. The van der Waals surface area contributed by atoms with Crippen LogP contribution < -0.4 is 11.3 Å². The summed E-state index contributed by atoms with van der Waals surface area (Å²) in [6.45, 7) is 4.77. The number of hydrogen-bond acceptors (Lipinski definition) is 4. The van der Waals surface area contributed by atoms with Crippen molar-refractivity contribution in [2.45, 2.75) is 39.4 Å². The Morgan fingerprint density at radius 3 is 2.89 bits per heavy atom. The van der Waals surface area contributed by atoms with E-state index in [0.29, 0.717) is 12.4 Å². The van der Waals surface area contributed by atoms with Gasteiger partial charge in [-0.05, 0) is 25.5 Å². The van der Waals surface area contributed by atoms with Crippen molar-refractivity contribution in [3.8, 4) is 0 Å². The molecular weight excluding hydrogens is 238 g/mol. The highest BCUT2D eigenvalue weighted by Gasteiger charge is 2.08. The maximum Gasteiger partial charge on any atom is 0.146 e. The number of aromatic nitrogens is 1. The Hall–Kier alpha value is -1.65. The molecular formula is C15H21N3O. The standard InChI is InChI=1S/C15H21N3O/c1-3-6-11(2)19-10-13-9-12-7-4-5-8-14(12)17-15(13)18-16/h4-5,7-9,11H,3,6,10,16H2,1-2H3,(H,17,18). The zero-order valence-electron chi connectivity index (χ0n) is 11.5. The van der Waals surface area contributed by atoms with E-state index in [2.05, 4.69) is 30.3 Å². The Morgan fingerprint density at radius 2 is 2.16 bits per heavy atom. The van der Waals surface area contributed by atoms with Crippen LogP contribution in [0.2, 0.25) is 0 Å². The van der Waals surface area contributed by atoms with Gasteiger partial charge in [-0.15, -0.1) is 0 Å². The maximum atomic E-state index is 5.82. The van der Waals surface area contributed by atoms with Gasteiger partial charge in [0.2, 0.25) is 0 Å². The molecule has 0 fully saturated rings. The van der Waals surface area contributed by atoms with Gasteiger partial charge in [-0.1, -0.05) is 31.5 Å². The van der Waals surface area contributed by atoms with Gasteiger partial charge in [0.15, 0.2) is 0 Å². The van der Waals surface area contributed by atoms with Crippen molar-refractivity contribution in [2.24, 2.45) is 5.84 Å². The number of hydrogen-bond donors (Lipinski definition) is 2. The largest absolute Gasteiger partial charge is 0.374 e. The highest BCUT2D eigenvalue weighted by atomic mass is 16.5. The number of ether oxygens (including phenoxy) is 1. The van der Waals surface area contributed by atoms with Gasteiger partial charge in [0, 0.05) is 10.9 Å². The van der Waals surface area contributed by atoms with Crippen molar-refractivity contribution in [1.82, 2.24) is 4.98 Å². The highest BCUT2D eigenvalue weighted by Crippen LogP contribution is 2.21. The number of nitrogens with one attached hydrogen (secondary N) is 1. The van der Waals surface area contributed by atoms with Crippen LogP contribution in [-0.4, -0.2) is 11.1 Å². The molecule has 1 aromatic heterocycles. The molecule has 1 heterocycles. The Kier molecular flexibility index (Phi) is 4.71. The van der Waals surface area contributed by atoms with E-state index in [1.165, 1.54) is 0 Å². The van der Waals surface area contributed by atoms with Gasteiger partial charge in [0.25, 0.3) is 0 Å². The Morgan fingerprint density at radius 1 is 1.37 bits per heavy atom. The molecule has 0 amide bonds. The van der Waals surface area contributed by atoms with Crippen molar-refractivity contribution >= 4 is 16.7 Å². The summed E-state index contributed by atoms with van der Waals surface area (Å²) in [5.74, 6) is 6.22. The minimum absolute atomic E-state index is 0.252. The van der Waals surface area contributed by atoms with Crippen molar-refractivity contribution in [2.75, 3.05) is 5.43 Å². The van der Waals surface area contributed by atoms with Crippen LogP contribution in [0.1, 0.15) is 32.3 Å². The van der Waals surface area contributed by atoms with Crippen molar-refractivity contribution in [1.29, 1.82) is 0 Å². The second-order valence-electron chi connectivity index (χ2n) is 4.74. The maximum absolute atomic E-state index is 5.82.